The highest BCUT2D eigenvalue weighted by Gasteiger charge is 2.38. The van der Waals surface area contributed by atoms with Crippen LogP contribution in [-0.2, 0) is 11.3 Å². The van der Waals surface area contributed by atoms with Crippen LogP contribution in [0.3, 0.4) is 0 Å². The summed E-state index contributed by atoms with van der Waals surface area (Å²) in [5.41, 5.74) is 1.39. The summed E-state index contributed by atoms with van der Waals surface area (Å²) in [5, 5.41) is 10.9. The Kier molecular flexibility index (Phi) is 3.32. The molecule has 1 aliphatic heterocycles. The summed E-state index contributed by atoms with van der Waals surface area (Å²) < 4.78 is 1.91. The first kappa shape index (κ1) is 12.9. The largest absolute Gasteiger partial charge is 0.367 e. The number of hydrogen-bond donors (Lipinski definition) is 2. The molecule has 1 amide bonds. The molecule has 0 fully saturated rings. The molecule has 5 nitrogen and oxygen atoms in total. The Morgan fingerprint density at radius 3 is 2.56 bits per heavy atom. The number of anilines is 2. The third-order valence-corrected chi connectivity index (χ3v) is 4.09. The predicted molar refractivity (Wildman–Crippen MR) is 72.8 cm³/mol. The zero-order valence-corrected chi connectivity index (χ0v) is 11.6. The van der Waals surface area contributed by atoms with E-state index in [1.54, 1.807) is 0 Å². The molecule has 1 aromatic heterocycles. The first-order chi connectivity index (χ1) is 8.57. The molecular weight excluding hydrogens is 228 g/mol. The van der Waals surface area contributed by atoms with Crippen LogP contribution >= 0.6 is 0 Å². The van der Waals surface area contributed by atoms with Crippen LogP contribution < -0.4 is 10.6 Å². The highest BCUT2D eigenvalue weighted by Crippen LogP contribution is 2.36. The molecular formula is C13H22N4O. The topological polar surface area (TPSA) is 59.0 Å². The van der Waals surface area contributed by atoms with Gasteiger partial charge in [0.15, 0.2) is 0 Å². The molecule has 0 aliphatic carbocycles. The minimum atomic E-state index is -0.315. The van der Waals surface area contributed by atoms with Gasteiger partial charge in [0.2, 0.25) is 5.91 Å². The zero-order chi connectivity index (χ0) is 13.3. The lowest BCUT2D eigenvalue weighted by molar-refractivity contribution is -0.125. The Morgan fingerprint density at radius 1 is 1.33 bits per heavy atom. The Hall–Kier alpha value is -1.52. The molecule has 1 aliphatic rings. The highest BCUT2D eigenvalue weighted by atomic mass is 16.2. The molecule has 100 valence electrons. The number of nitrogens with zero attached hydrogens (tertiary/aromatic N) is 2. The van der Waals surface area contributed by atoms with Gasteiger partial charge in [0.1, 0.15) is 11.5 Å². The van der Waals surface area contributed by atoms with Crippen LogP contribution in [0.15, 0.2) is 0 Å². The lowest BCUT2D eigenvalue weighted by atomic mass is 9.81. The van der Waals surface area contributed by atoms with E-state index >= 15 is 0 Å². The summed E-state index contributed by atoms with van der Waals surface area (Å²) in [4.78, 5) is 12.4. The van der Waals surface area contributed by atoms with Crippen molar-refractivity contribution >= 4 is 17.4 Å². The standard InChI is InChI=1S/C13H22N4O/c1-5-13(6-2)8-14-11-10(15-12(13)18)9(4)16-17(11)7-3/h14H,5-8H2,1-4H3,(H,15,18). The molecule has 18 heavy (non-hydrogen) atoms. The van der Waals surface area contributed by atoms with Crippen molar-refractivity contribution in [1.82, 2.24) is 9.78 Å². The van der Waals surface area contributed by atoms with Crippen molar-refractivity contribution in [3.8, 4) is 0 Å². The monoisotopic (exact) mass is 250 g/mol. The second-order valence-corrected chi connectivity index (χ2v) is 4.92. The minimum Gasteiger partial charge on any atom is -0.367 e. The number of amides is 1. The number of carbonyl (C=O) groups excluding carboxylic acids is 1. The van der Waals surface area contributed by atoms with Gasteiger partial charge in [-0.1, -0.05) is 13.8 Å². The van der Waals surface area contributed by atoms with E-state index in [4.69, 9.17) is 0 Å². The lowest BCUT2D eigenvalue weighted by Crippen LogP contribution is -2.39. The van der Waals surface area contributed by atoms with E-state index in [2.05, 4.69) is 29.6 Å². The van der Waals surface area contributed by atoms with Gasteiger partial charge >= 0.3 is 0 Å². The normalized spacial score (nSPS) is 17.7. The van der Waals surface area contributed by atoms with E-state index in [-0.39, 0.29) is 11.3 Å². The summed E-state index contributed by atoms with van der Waals surface area (Å²) in [5.74, 6) is 1.05. The molecule has 0 atom stereocenters. The zero-order valence-electron chi connectivity index (χ0n) is 11.6. The maximum Gasteiger partial charge on any atom is 0.232 e. The fourth-order valence-corrected chi connectivity index (χ4v) is 2.54. The summed E-state index contributed by atoms with van der Waals surface area (Å²) in [6, 6.07) is 0. The van der Waals surface area contributed by atoms with Crippen molar-refractivity contribution in [2.45, 2.75) is 47.1 Å². The van der Waals surface area contributed by atoms with Gasteiger partial charge in [-0.15, -0.1) is 0 Å². The van der Waals surface area contributed by atoms with Crippen molar-refractivity contribution in [3.63, 3.8) is 0 Å². The first-order valence-corrected chi connectivity index (χ1v) is 6.70. The molecule has 2 heterocycles. The van der Waals surface area contributed by atoms with Crippen LogP contribution in [0.5, 0.6) is 0 Å². The van der Waals surface area contributed by atoms with Crippen molar-refractivity contribution in [1.29, 1.82) is 0 Å². The van der Waals surface area contributed by atoms with Gasteiger partial charge < -0.3 is 10.6 Å². The Bertz CT molecular complexity index is 460. The maximum atomic E-state index is 12.4. The van der Waals surface area contributed by atoms with E-state index in [0.717, 1.165) is 36.6 Å². The average Bonchev–Trinajstić information content (AvgIpc) is 2.59. The van der Waals surface area contributed by atoms with Crippen molar-refractivity contribution < 1.29 is 4.79 Å². The number of aromatic nitrogens is 2. The molecule has 0 spiro atoms. The van der Waals surface area contributed by atoms with Gasteiger partial charge in [-0.05, 0) is 26.7 Å². The SMILES string of the molecule is CCn1nc(C)c2c1NCC(CC)(CC)C(=O)N2. The smallest absolute Gasteiger partial charge is 0.232 e. The van der Waals surface area contributed by atoms with Crippen LogP contribution in [0, 0.1) is 12.3 Å². The van der Waals surface area contributed by atoms with E-state index in [0.29, 0.717) is 6.54 Å². The fourth-order valence-electron chi connectivity index (χ4n) is 2.54. The second-order valence-electron chi connectivity index (χ2n) is 4.92. The number of carbonyl (C=O) groups is 1. The molecule has 0 saturated heterocycles. The summed E-state index contributed by atoms with van der Waals surface area (Å²) in [6.45, 7) is 9.58. The number of nitrogens with one attached hydrogen (secondary N) is 2. The van der Waals surface area contributed by atoms with E-state index in [1.807, 2.05) is 18.5 Å². The van der Waals surface area contributed by atoms with Crippen LogP contribution in [0.4, 0.5) is 11.5 Å². The fraction of sp³-hybridized carbons (Fsp3) is 0.692. The molecule has 0 unspecified atom stereocenters. The van der Waals surface area contributed by atoms with Gasteiger partial charge in [0.25, 0.3) is 0 Å². The number of hydrogen-bond acceptors (Lipinski definition) is 3. The maximum absolute atomic E-state index is 12.4. The van der Waals surface area contributed by atoms with E-state index in [1.165, 1.54) is 0 Å². The first-order valence-electron chi connectivity index (χ1n) is 6.70. The van der Waals surface area contributed by atoms with Gasteiger partial charge in [-0.2, -0.15) is 5.10 Å². The average molecular weight is 250 g/mol. The molecule has 0 radical (unpaired) electrons. The minimum absolute atomic E-state index is 0.109. The number of aryl methyl sites for hydroxylation is 2. The third-order valence-electron chi connectivity index (χ3n) is 4.09. The van der Waals surface area contributed by atoms with Crippen LogP contribution in [0.25, 0.3) is 0 Å². The number of fused-ring (bicyclic) bond motifs is 1. The van der Waals surface area contributed by atoms with Crippen LogP contribution in [0.1, 0.15) is 39.3 Å². The van der Waals surface area contributed by atoms with Gasteiger partial charge in [0.05, 0.1) is 11.1 Å². The van der Waals surface area contributed by atoms with Gasteiger partial charge in [-0.25, -0.2) is 4.68 Å². The Morgan fingerprint density at radius 2 is 2.00 bits per heavy atom. The molecule has 0 bridgehead atoms. The van der Waals surface area contributed by atoms with Crippen molar-refractivity contribution in [2.75, 3.05) is 17.2 Å². The molecule has 5 heteroatoms. The van der Waals surface area contributed by atoms with Gasteiger partial charge in [-0.3, -0.25) is 4.79 Å². The van der Waals surface area contributed by atoms with E-state index in [9.17, 15) is 4.79 Å². The van der Waals surface area contributed by atoms with Gasteiger partial charge in [0, 0.05) is 13.1 Å². The predicted octanol–water partition coefficient (Wildman–Crippen LogP) is 2.38. The van der Waals surface area contributed by atoms with Crippen LogP contribution in [0.2, 0.25) is 0 Å². The summed E-state index contributed by atoms with van der Waals surface area (Å²) in [6.07, 6.45) is 1.68. The quantitative estimate of drug-likeness (QED) is 0.866. The summed E-state index contributed by atoms with van der Waals surface area (Å²) >= 11 is 0. The lowest BCUT2D eigenvalue weighted by Gasteiger charge is -2.28. The Balaban J connectivity index is 2.42. The molecule has 2 rings (SSSR count). The second kappa shape index (κ2) is 4.63. The van der Waals surface area contributed by atoms with Crippen molar-refractivity contribution in [2.24, 2.45) is 5.41 Å². The Labute approximate surface area is 108 Å². The molecule has 0 saturated carbocycles. The van der Waals surface area contributed by atoms with E-state index < -0.39 is 0 Å². The third kappa shape index (κ3) is 1.78. The van der Waals surface area contributed by atoms with Crippen molar-refractivity contribution in [3.05, 3.63) is 5.69 Å². The summed E-state index contributed by atoms with van der Waals surface area (Å²) in [7, 11) is 0. The highest BCUT2D eigenvalue weighted by molar-refractivity contribution is 6.00. The van der Waals surface area contributed by atoms with Crippen LogP contribution in [-0.4, -0.2) is 22.2 Å². The molecule has 0 aromatic carbocycles. The molecule has 2 N–H and O–H groups in total. The molecule has 1 aromatic rings. The number of rotatable bonds is 3.